The lowest BCUT2D eigenvalue weighted by atomic mass is 10.1. The predicted octanol–water partition coefficient (Wildman–Crippen LogP) is 4.60. The molecule has 3 aromatic heterocycles. The van der Waals surface area contributed by atoms with Gasteiger partial charge in [0.15, 0.2) is 6.61 Å². The Morgan fingerprint density at radius 2 is 2.06 bits per heavy atom. The van der Waals surface area contributed by atoms with Crippen LogP contribution in [0.1, 0.15) is 34.6 Å². The molecule has 3 heterocycles. The molecule has 0 aliphatic rings. The van der Waals surface area contributed by atoms with Crippen molar-refractivity contribution >= 4 is 29.3 Å². The molecule has 2 N–H and O–H groups in total. The molecule has 0 aliphatic heterocycles. The van der Waals surface area contributed by atoms with E-state index in [1.165, 1.54) is 30.8 Å². The summed E-state index contributed by atoms with van der Waals surface area (Å²) in [7, 11) is 0. The maximum absolute atomic E-state index is 12.7. The van der Waals surface area contributed by atoms with Crippen LogP contribution in [-0.2, 0) is 0 Å². The van der Waals surface area contributed by atoms with Gasteiger partial charge >= 0.3 is 6.18 Å². The molecule has 0 bridgehead atoms. The number of pyridine rings is 2. The van der Waals surface area contributed by atoms with Gasteiger partial charge in [0.05, 0.1) is 12.2 Å². The number of rotatable bonds is 7. The summed E-state index contributed by atoms with van der Waals surface area (Å²) in [6.07, 6.45) is -0.359. The number of amides is 1. The number of carbonyl (C=O) groups is 1. The van der Waals surface area contributed by atoms with Crippen LogP contribution in [0.25, 0.3) is 0 Å². The van der Waals surface area contributed by atoms with Gasteiger partial charge in [0.25, 0.3) is 11.9 Å². The molecular formula is C19H17ClF3N5O3. The molecule has 0 fully saturated rings. The van der Waals surface area contributed by atoms with Crippen molar-refractivity contribution in [3.8, 4) is 5.88 Å². The summed E-state index contributed by atoms with van der Waals surface area (Å²) < 4.78 is 46.5. The highest BCUT2D eigenvalue weighted by molar-refractivity contribution is 6.31. The topological polar surface area (TPSA) is 102 Å². The van der Waals surface area contributed by atoms with Crippen molar-refractivity contribution in [2.24, 2.45) is 0 Å². The number of nitrogens with zero attached hydrogens (tertiary/aromatic N) is 3. The number of anilines is 2. The van der Waals surface area contributed by atoms with Crippen molar-refractivity contribution in [1.29, 1.82) is 0 Å². The molecule has 12 heteroatoms. The average Bonchev–Trinajstić information content (AvgIpc) is 3.18. The first-order chi connectivity index (χ1) is 14.6. The van der Waals surface area contributed by atoms with Crippen LogP contribution in [0, 0.1) is 6.92 Å². The van der Waals surface area contributed by atoms with E-state index in [9.17, 15) is 18.0 Å². The number of aryl methyl sites for hydroxylation is 1. The summed E-state index contributed by atoms with van der Waals surface area (Å²) in [6.45, 7) is 1.91. The van der Waals surface area contributed by atoms with Crippen molar-refractivity contribution in [1.82, 2.24) is 20.3 Å². The van der Waals surface area contributed by atoms with Crippen LogP contribution in [0.4, 0.5) is 25.0 Å². The lowest BCUT2D eigenvalue weighted by Gasteiger charge is -2.16. The molecule has 0 aromatic carbocycles. The third kappa shape index (κ3) is 6.32. The number of oxazole rings is 1. The number of alkyl halides is 3. The second-order valence-electron chi connectivity index (χ2n) is 6.50. The maximum Gasteiger partial charge on any atom is 0.422 e. The van der Waals surface area contributed by atoms with Crippen molar-refractivity contribution in [2.45, 2.75) is 26.1 Å². The number of nitrogens with one attached hydrogen (secondary N) is 2. The summed E-state index contributed by atoms with van der Waals surface area (Å²) in [5.41, 5.74) is 1.41. The highest BCUT2D eigenvalue weighted by Gasteiger charge is 2.29. The number of hydrogen-bond acceptors (Lipinski definition) is 7. The van der Waals surface area contributed by atoms with Crippen LogP contribution in [0.15, 0.2) is 41.3 Å². The third-order valence-electron chi connectivity index (χ3n) is 3.93. The van der Waals surface area contributed by atoms with Gasteiger partial charge < -0.3 is 14.5 Å². The lowest BCUT2D eigenvalue weighted by Crippen LogP contribution is -2.27. The number of halogens is 4. The smallest absolute Gasteiger partial charge is 0.422 e. The molecular weight excluding hydrogens is 439 g/mol. The molecule has 8 nitrogen and oxygen atoms in total. The van der Waals surface area contributed by atoms with Gasteiger partial charge in [-0.15, -0.1) is 0 Å². The van der Waals surface area contributed by atoms with E-state index >= 15 is 0 Å². The molecule has 3 aromatic rings. The zero-order chi connectivity index (χ0) is 22.6. The van der Waals surface area contributed by atoms with Crippen LogP contribution in [-0.4, -0.2) is 33.6 Å². The summed E-state index contributed by atoms with van der Waals surface area (Å²) in [5, 5.41) is 5.53. The lowest BCUT2D eigenvalue weighted by molar-refractivity contribution is -0.154. The first-order valence-electron chi connectivity index (χ1n) is 8.92. The summed E-state index contributed by atoms with van der Waals surface area (Å²) in [6, 6.07) is 4.20. The molecule has 1 atom stereocenters. The minimum Gasteiger partial charge on any atom is -0.467 e. The van der Waals surface area contributed by atoms with Crippen LogP contribution < -0.4 is 15.4 Å². The van der Waals surface area contributed by atoms with E-state index in [2.05, 4.69) is 30.3 Å². The van der Waals surface area contributed by atoms with E-state index in [1.54, 1.807) is 19.9 Å². The Hall–Kier alpha value is -3.34. The molecule has 1 unspecified atom stereocenters. The molecule has 1 amide bonds. The second-order valence-corrected chi connectivity index (χ2v) is 6.91. The zero-order valence-electron chi connectivity index (χ0n) is 16.3. The highest BCUT2D eigenvalue weighted by Crippen LogP contribution is 2.27. The second kappa shape index (κ2) is 9.21. The van der Waals surface area contributed by atoms with E-state index in [0.717, 1.165) is 0 Å². The summed E-state index contributed by atoms with van der Waals surface area (Å²) in [4.78, 5) is 24.7. The van der Waals surface area contributed by atoms with Gasteiger partial charge in [0.1, 0.15) is 17.1 Å². The Balaban J connectivity index is 1.69. The summed E-state index contributed by atoms with van der Waals surface area (Å²) in [5.74, 6) is -0.369. The van der Waals surface area contributed by atoms with Gasteiger partial charge in [-0.05, 0) is 37.6 Å². The Morgan fingerprint density at radius 1 is 1.29 bits per heavy atom. The van der Waals surface area contributed by atoms with E-state index in [1.807, 2.05) is 0 Å². The van der Waals surface area contributed by atoms with Crippen LogP contribution in [0.3, 0.4) is 0 Å². The number of carbonyl (C=O) groups excluding carboxylic acids is 1. The van der Waals surface area contributed by atoms with E-state index in [-0.39, 0.29) is 16.9 Å². The summed E-state index contributed by atoms with van der Waals surface area (Å²) >= 11 is 5.97. The highest BCUT2D eigenvalue weighted by atomic mass is 35.5. The fourth-order valence-electron chi connectivity index (χ4n) is 2.56. The van der Waals surface area contributed by atoms with Gasteiger partial charge in [0, 0.05) is 17.5 Å². The van der Waals surface area contributed by atoms with Gasteiger partial charge in [-0.3, -0.25) is 10.1 Å². The normalized spacial score (nSPS) is 12.3. The van der Waals surface area contributed by atoms with Crippen molar-refractivity contribution < 1.29 is 27.1 Å². The quantitative estimate of drug-likeness (QED) is 0.536. The zero-order valence-corrected chi connectivity index (χ0v) is 17.1. The minimum absolute atomic E-state index is 0.0972. The fraction of sp³-hybridized carbons (Fsp3) is 0.263. The molecule has 31 heavy (non-hydrogen) atoms. The standard InChI is InChI=1S/C19H17ClF3N5O3/c1-10-5-12(7-15(26-10)28-18-24-3-4-30-18)16(29)27-11(2)13-6-14(20)17(25-8-13)31-9-19(21,22)23/h3-8,11H,9H2,1-2H3,(H,27,29)(H,24,26,28). The van der Waals surface area contributed by atoms with E-state index < -0.39 is 24.7 Å². The van der Waals surface area contributed by atoms with Crippen molar-refractivity contribution in [3.05, 3.63) is 58.7 Å². The Kier molecular flexibility index (Phi) is 6.64. The average molecular weight is 456 g/mol. The number of aromatic nitrogens is 3. The first kappa shape index (κ1) is 22.3. The molecule has 3 rings (SSSR count). The van der Waals surface area contributed by atoms with Gasteiger partial charge in [-0.25, -0.2) is 15.0 Å². The molecule has 0 aliphatic carbocycles. The Morgan fingerprint density at radius 3 is 2.71 bits per heavy atom. The van der Waals surface area contributed by atoms with Crippen molar-refractivity contribution in [2.75, 3.05) is 11.9 Å². The van der Waals surface area contributed by atoms with Crippen LogP contribution in [0.2, 0.25) is 5.02 Å². The fourth-order valence-corrected chi connectivity index (χ4v) is 2.78. The molecule has 0 saturated heterocycles. The number of ether oxygens (including phenoxy) is 1. The molecule has 0 radical (unpaired) electrons. The molecule has 0 spiro atoms. The monoisotopic (exact) mass is 455 g/mol. The maximum atomic E-state index is 12.7. The van der Waals surface area contributed by atoms with Gasteiger partial charge in [-0.2, -0.15) is 13.2 Å². The molecule has 164 valence electrons. The first-order valence-corrected chi connectivity index (χ1v) is 9.29. The largest absolute Gasteiger partial charge is 0.467 e. The minimum atomic E-state index is -4.51. The van der Waals surface area contributed by atoms with Gasteiger partial charge in [0.2, 0.25) is 5.88 Å². The molecule has 0 saturated carbocycles. The third-order valence-corrected chi connectivity index (χ3v) is 4.20. The Labute approximate surface area is 179 Å². The number of hydrogen-bond donors (Lipinski definition) is 2. The van der Waals surface area contributed by atoms with Gasteiger partial charge in [-0.1, -0.05) is 11.6 Å². The van der Waals surface area contributed by atoms with E-state index in [0.29, 0.717) is 22.6 Å². The van der Waals surface area contributed by atoms with Crippen molar-refractivity contribution in [3.63, 3.8) is 0 Å². The SMILES string of the molecule is Cc1cc(C(=O)NC(C)c2cnc(OCC(F)(F)F)c(Cl)c2)cc(Nc2ncco2)n1. The van der Waals surface area contributed by atoms with Crippen LogP contribution in [0.5, 0.6) is 5.88 Å². The Bertz CT molecular complexity index is 1060. The van der Waals surface area contributed by atoms with Crippen LogP contribution >= 0.6 is 11.6 Å². The van der Waals surface area contributed by atoms with E-state index in [4.69, 9.17) is 16.0 Å². The predicted molar refractivity (Wildman–Crippen MR) is 105 cm³/mol.